The Morgan fingerprint density at radius 1 is 0.938 bits per heavy atom. The Kier molecular flexibility index (Phi) is 5.74. The van der Waals surface area contributed by atoms with Crippen molar-refractivity contribution in [2.75, 3.05) is 25.7 Å². The Balaban J connectivity index is 1.58. The third-order valence-corrected chi connectivity index (χ3v) is 5.79. The monoisotopic (exact) mass is 451 g/mol. The first-order valence-corrected chi connectivity index (χ1v) is 10.3. The van der Waals surface area contributed by atoms with Gasteiger partial charge in [0.05, 0.1) is 41.5 Å². The van der Waals surface area contributed by atoms with Gasteiger partial charge >= 0.3 is 5.97 Å². The molecular formula is C23H17NO7S. The summed E-state index contributed by atoms with van der Waals surface area (Å²) in [5, 5.41) is 1.75. The van der Waals surface area contributed by atoms with E-state index in [9.17, 15) is 19.2 Å². The van der Waals surface area contributed by atoms with Crippen LogP contribution in [0.4, 0.5) is 5.69 Å². The summed E-state index contributed by atoms with van der Waals surface area (Å²) in [6.07, 6.45) is 0. The summed E-state index contributed by atoms with van der Waals surface area (Å²) < 4.78 is 15.6. The molecule has 8 nitrogen and oxygen atoms in total. The number of rotatable bonds is 7. The van der Waals surface area contributed by atoms with Gasteiger partial charge in [-0.3, -0.25) is 14.4 Å². The summed E-state index contributed by atoms with van der Waals surface area (Å²) in [6, 6.07) is 12.2. The molecule has 0 spiro atoms. The maximum atomic E-state index is 13.1. The Morgan fingerprint density at radius 2 is 1.72 bits per heavy atom. The lowest BCUT2D eigenvalue weighted by Crippen LogP contribution is -2.29. The first-order valence-electron chi connectivity index (χ1n) is 9.43. The molecule has 4 rings (SSSR count). The molecule has 3 aromatic rings. The van der Waals surface area contributed by atoms with E-state index in [1.165, 1.54) is 49.8 Å². The fourth-order valence-electron chi connectivity index (χ4n) is 3.28. The molecule has 0 atom stereocenters. The highest BCUT2D eigenvalue weighted by Gasteiger charge is 2.39. The quantitative estimate of drug-likeness (QED) is 0.307. The van der Waals surface area contributed by atoms with E-state index in [0.717, 1.165) is 4.90 Å². The standard InChI is InChI=1S/C23H17NO7S/c1-29-14-6-8-19(30-2)17(11-14)24-21(26)15-7-5-13(10-16(15)22(24)27)23(28)31-12-18(25)20-4-3-9-32-20/h3-11H,12H2,1-2H3. The van der Waals surface area contributed by atoms with E-state index >= 15 is 0 Å². The molecule has 2 amide bonds. The number of fused-ring (bicyclic) bond motifs is 1. The summed E-state index contributed by atoms with van der Waals surface area (Å²) in [4.78, 5) is 51.9. The van der Waals surface area contributed by atoms with Gasteiger partial charge in [-0.25, -0.2) is 9.69 Å². The van der Waals surface area contributed by atoms with E-state index in [-0.39, 0.29) is 28.2 Å². The molecule has 0 saturated carbocycles. The molecule has 0 fully saturated rings. The molecular weight excluding hydrogens is 434 g/mol. The number of hydrogen-bond acceptors (Lipinski definition) is 8. The highest BCUT2D eigenvalue weighted by atomic mass is 32.1. The molecule has 0 unspecified atom stereocenters. The van der Waals surface area contributed by atoms with E-state index < -0.39 is 24.4 Å². The number of benzene rings is 2. The zero-order valence-electron chi connectivity index (χ0n) is 17.1. The van der Waals surface area contributed by atoms with Gasteiger partial charge in [0.2, 0.25) is 5.78 Å². The normalized spacial score (nSPS) is 12.5. The molecule has 1 aliphatic heterocycles. The number of ether oxygens (including phenoxy) is 3. The van der Waals surface area contributed by atoms with Crippen LogP contribution in [0.25, 0.3) is 0 Å². The fraction of sp³-hybridized carbons (Fsp3) is 0.130. The number of esters is 1. The summed E-state index contributed by atoms with van der Waals surface area (Å²) >= 11 is 1.25. The van der Waals surface area contributed by atoms with Crippen LogP contribution in [0.2, 0.25) is 0 Å². The summed E-state index contributed by atoms with van der Waals surface area (Å²) in [5.41, 5.74) is 0.483. The van der Waals surface area contributed by atoms with Crippen molar-refractivity contribution < 1.29 is 33.4 Å². The van der Waals surface area contributed by atoms with Crippen molar-refractivity contribution in [3.8, 4) is 11.5 Å². The molecule has 0 radical (unpaired) electrons. The lowest BCUT2D eigenvalue weighted by atomic mass is 10.1. The van der Waals surface area contributed by atoms with E-state index in [1.807, 2.05) is 0 Å². The van der Waals surface area contributed by atoms with Gasteiger partial charge in [0.25, 0.3) is 11.8 Å². The number of thiophene rings is 1. The molecule has 2 aromatic carbocycles. The van der Waals surface area contributed by atoms with Gasteiger partial charge in [-0.1, -0.05) is 6.07 Å². The largest absolute Gasteiger partial charge is 0.497 e. The molecule has 9 heteroatoms. The minimum Gasteiger partial charge on any atom is -0.497 e. The molecule has 0 bridgehead atoms. The number of nitrogens with zero attached hydrogens (tertiary/aromatic N) is 1. The summed E-state index contributed by atoms with van der Waals surface area (Å²) in [7, 11) is 2.89. The highest BCUT2D eigenvalue weighted by Crippen LogP contribution is 2.37. The molecule has 0 N–H and O–H groups in total. The predicted octanol–water partition coefficient (Wildman–Crippen LogP) is 3.61. The predicted molar refractivity (Wildman–Crippen MR) is 116 cm³/mol. The lowest BCUT2D eigenvalue weighted by Gasteiger charge is -2.18. The lowest BCUT2D eigenvalue weighted by molar-refractivity contribution is 0.0475. The van der Waals surface area contributed by atoms with Gasteiger partial charge in [-0.15, -0.1) is 11.3 Å². The molecule has 1 aromatic heterocycles. The van der Waals surface area contributed by atoms with E-state index in [0.29, 0.717) is 16.4 Å². The molecule has 2 heterocycles. The average molecular weight is 451 g/mol. The van der Waals surface area contributed by atoms with Gasteiger partial charge < -0.3 is 14.2 Å². The maximum Gasteiger partial charge on any atom is 0.338 e. The minimum atomic E-state index is -0.768. The van der Waals surface area contributed by atoms with Gasteiger partial charge in [-0.05, 0) is 41.8 Å². The Hall–Kier alpha value is -3.98. The second-order valence-electron chi connectivity index (χ2n) is 6.72. The molecule has 32 heavy (non-hydrogen) atoms. The van der Waals surface area contributed by atoms with Crippen molar-refractivity contribution in [1.29, 1.82) is 0 Å². The SMILES string of the molecule is COc1ccc(OC)c(N2C(=O)c3ccc(C(=O)OCC(=O)c4cccs4)cc3C2=O)c1. The Bertz CT molecular complexity index is 1230. The van der Waals surface area contributed by atoms with Crippen LogP contribution in [0.15, 0.2) is 53.9 Å². The molecule has 0 aliphatic carbocycles. The van der Waals surface area contributed by atoms with E-state index in [1.54, 1.807) is 29.6 Å². The van der Waals surface area contributed by atoms with E-state index in [4.69, 9.17) is 14.2 Å². The van der Waals surface area contributed by atoms with Crippen LogP contribution in [0.3, 0.4) is 0 Å². The van der Waals surface area contributed by atoms with Crippen molar-refractivity contribution in [2.45, 2.75) is 0 Å². The molecule has 0 saturated heterocycles. The average Bonchev–Trinajstić information content (AvgIpc) is 3.44. The van der Waals surface area contributed by atoms with Gasteiger partial charge in [-0.2, -0.15) is 0 Å². The summed E-state index contributed by atoms with van der Waals surface area (Å²) in [6.45, 7) is -0.420. The van der Waals surface area contributed by atoms with Crippen LogP contribution < -0.4 is 14.4 Å². The van der Waals surface area contributed by atoms with Crippen molar-refractivity contribution in [3.05, 3.63) is 75.5 Å². The zero-order valence-corrected chi connectivity index (χ0v) is 17.9. The highest BCUT2D eigenvalue weighted by molar-refractivity contribution is 7.12. The topological polar surface area (TPSA) is 99.2 Å². The summed E-state index contributed by atoms with van der Waals surface area (Å²) in [5.74, 6) is -1.50. The van der Waals surface area contributed by atoms with E-state index in [2.05, 4.69) is 0 Å². The second kappa shape index (κ2) is 8.64. The number of hydrogen-bond donors (Lipinski definition) is 0. The van der Waals surface area contributed by atoms with Crippen molar-refractivity contribution in [2.24, 2.45) is 0 Å². The smallest absolute Gasteiger partial charge is 0.338 e. The number of Topliss-reactive ketones (excluding diaryl/α,β-unsaturated/α-hetero) is 1. The van der Waals surface area contributed by atoms with Crippen molar-refractivity contribution in [3.63, 3.8) is 0 Å². The first-order chi connectivity index (χ1) is 15.4. The first kappa shape index (κ1) is 21.3. The molecule has 162 valence electrons. The van der Waals surface area contributed by atoms with Crippen LogP contribution in [-0.4, -0.2) is 44.4 Å². The van der Waals surface area contributed by atoms with Crippen LogP contribution in [0.1, 0.15) is 40.7 Å². The van der Waals surface area contributed by atoms with Crippen LogP contribution >= 0.6 is 11.3 Å². The van der Waals surface area contributed by atoms with Crippen LogP contribution in [0.5, 0.6) is 11.5 Å². The molecule has 1 aliphatic rings. The number of imide groups is 1. The third-order valence-electron chi connectivity index (χ3n) is 4.88. The van der Waals surface area contributed by atoms with Crippen molar-refractivity contribution in [1.82, 2.24) is 0 Å². The fourth-order valence-corrected chi connectivity index (χ4v) is 3.93. The minimum absolute atomic E-state index is 0.0545. The maximum absolute atomic E-state index is 13.1. The number of anilines is 1. The van der Waals surface area contributed by atoms with Gasteiger partial charge in [0, 0.05) is 6.07 Å². The number of carbonyl (C=O) groups is 4. The number of amides is 2. The van der Waals surface area contributed by atoms with Crippen LogP contribution in [0, 0.1) is 0 Å². The Morgan fingerprint density at radius 3 is 2.41 bits per heavy atom. The Labute approximate surface area is 186 Å². The number of ketones is 1. The van der Waals surface area contributed by atoms with Gasteiger partial charge in [0.15, 0.2) is 6.61 Å². The third kappa shape index (κ3) is 3.74. The number of carbonyl (C=O) groups excluding carboxylic acids is 4. The van der Waals surface area contributed by atoms with Crippen molar-refractivity contribution >= 4 is 40.6 Å². The number of methoxy groups -OCH3 is 2. The van der Waals surface area contributed by atoms with Gasteiger partial charge in [0.1, 0.15) is 11.5 Å². The second-order valence-corrected chi connectivity index (χ2v) is 7.67. The zero-order chi connectivity index (χ0) is 22.8. The van der Waals surface area contributed by atoms with Crippen LogP contribution in [-0.2, 0) is 4.74 Å².